The Morgan fingerprint density at radius 2 is 1.88 bits per heavy atom. The van der Waals surface area contributed by atoms with E-state index in [1.165, 1.54) is 18.6 Å². The summed E-state index contributed by atoms with van der Waals surface area (Å²) in [7, 11) is -1.36. The minimum absolute atomic E-state index is 0.00216. The normalized spacial score (nSPS) is 24.3. The maximum Gasteiger partial charge on any atom is 0.253 e. The first-order valence-corrected chi connectivity index (χ1v) is 10.5. The molecule has 0 unspecified atom stereocenters. The number of rotatable bonds is 5. The van der Waals surface area contributed by atoms with Crippen molar-refractivity contribution in [3.8, 4) is 0 Å². The number of hydrogen-bond donors (Lipinski definition) is 1. The van der Waals surface area contributed by atoms with E-state index in [1.807, 2.05) is 11.8 Å². The van der Waals surface area contributed by atoms with E-state index in [-0.39, 0.29) is 10.8 Å². The van der Waals surface area contributed by atoms with E-state index < -0.39 is 10.0 Å². The molecule has 138 valence electrons. The Hall–Kier alpha value is -1.44. The number of likely N-dealkylation sites (N-methyl/N-ethyl adjacent to an activating group) is 1. The Balaban J connectivity index is 1.73. The van der Waals surface area contributed by atoms with Gasteiger partial charge in [0.25, 0.3) is 5.91 Å². The lowest BCUT2D eigenvalue weighted by molar-refractivity contribution is 0.0742. The van der Waals surface area contributed by atoms with E-state index in [9.17, 15) is 13.2 Å². The standard InChI is InChI=1S/C18H27N3O3S/c1-3-10-19-25(23,24)17-8-5-15(6-9-17)18(22)21-12-14-4-7-16(13-21)20(2)11-14/h5-6,8-9,14,16,19H,3-4,7,10-13H2,1-2H3/t14-,16-/m1/s1. The number of hydrogen-bond acceptors (Lipinski definition) is 4. The molecule has 3 fully saturated rings. The Bertz CT molecular complexity index is 718. The lowest BCUT2D eigenvalue weighted by Crippen LogP contribution is -2.41. The number of fused-ring (bicyclic) bond motifs is 4. The van der Waals surface area contributed by atoms with Crippen LogP contribution in [-0.2, 0) is 10.0 Å². The maximum absolute atomic E-state index is 12.9. The molecule has 3 saturated heterocycles. The van der Waals surface area contributed by atoms with E-state index in [4.69, 9.17) is 0 Å². The largest absolute Gasteiger partial charge is 0.337 e. The highest BCUT2D eigenvalue weighted by molar-refractivity contribution is 7.89. The Kier molecular flexibility index (Phi) is 5.46. The van der Waals surface area contributed by atoms with Gasteiger partial charge >= 0.3 is 0 Å². The first-order chi connectivity index (χ1) is 11.9. The topological polar surface area (TPSA) is 69.7 Å². The summed E-state index contributed by atoms with van der Waals surface area (Å²) in [5.74, 6) is 0.531. The Labute approximate surface area is 150 Å². The van der Waals surface area contributed by atoms with E-state index in [2.05, 4.69) is 16.7 Å². The summed E-state index contributed by atoms with van der Waals surface area (Å²) in [5.41, 5.74) is 0.554. The fourth-order valence-electron chi connectivity index (χ4n) is 3.76. The summed E-state index contributed by atoms with van der Waals surface area (Å²) in [6.07, 6.45) is 3.06. The molecule has 1 N–H and O–H groups in total. The molecule has 0 radical (unpaired) electrons. The Morgan fingerprint density at radius 1 is 1.16 bits per heavy atom. The molecule has 4 rings (SSSR count). The monoisotopic (exact) mass is 365 g/mol. The van der Waals surface area contributed by atoms with Crippen molar-refractivity contribution in [2.75, 3.05) is 33.2 Å². The molecule has 7 heteroatoms. The number of amides is 1. The van der Waals surface area contributed by atoms with Gasteiger partial charge in [0.2, 0.25) is 10.0 Å². The van der Waals surface area contributed by atoms with Gasteiger partial charge in [-0.2, -0.15) is 0 Å². The Morgan fingerprint density at radius 3 is 2.52 bits per heavy atom. The first kappa shape index (κ1) is 18.4. The van der Waals surface area contributed by atoms with Gasteiger partial charge in [-0.3, -0.25) is 4.79 Å². The molecule has 1 aromatic rings. The average molecular weight is 365 g/mol. The molecule has 0 spiro atoms. The van der Waals surface area contributed by atoms with Crippen LogP contribution in [0.3, 0.4) is 0 Å². The van der Waals surface area contributed by atoms with Crippen molar-refractivity contribution >= 4 is 15.9 Å². The zero-order valence-corrected chi connectivity index (χ0v) is 15.8. The van der Waals surface area contributed by atoms with Crippen LogP contribution in [0.15, 0.2) is 29.2 Å². The fourth-order valence-corrected chi connectivity index (χ4v) is 4.90. The van der Waals surface area contributed by atoms with Gasteiger partial charge in [0.15, 0.2) is 0 Å². The van der Waals surface area contributed by atoms with Crippen molar-refractivity contribution in [2.45, 2.75) is 37.1 Å². The number of nitrogens with one attached hydrogen (secondary N) is 1. The fraction of sp³-hybridized carbons (Fsp3) is 0.611. The van der Waals surface area contributed by atoms with Crippen molar-refractivity contribution in [3.63, 3.8) is 0 Å². The molecule has 0 saturated carbocycles. The van der Waals surface area contributed by atoms with Crippen molar-refractivity contribution in [1.29, 1.82) is 0 Å². The van der Waals surface area contributed by atoms with Crippen molar-refractivity contribution < 1.29 is 13.2 Å². The zero-order valence-electron chi connectivity index (χ0n) is 14.9. The molecule has 25 heavy (non-hydrogen) atoms. The summed E-state index contributed by atoms with van der Waals surface area (Å²) in [4.78, 5) is 17.3. The van der Waals surface area contributed by atoms with Crippen LogP contribution in [0, 0.1) is 5.92 Å². The molecule has 3 heterocycles. The van der Waals surface area contributed by atoms with Crippen LogP contribution in [0.5, 0.6) is 0 Å². The molecule has 6 nitrogen and oxygen atoms in total. The number of carbonyl (C=O) groups excluding carboxylic acids is 1. The van der Waals surface area contributed by atoms with Crippen LogP contribution >= 0.6 is 0 Å². The van der Waals surface area contributed by atoms with Crippen molar-refractivity contribution in [1.82, 2.24) is 14.5 Å². The third kappa shape index (κ3) is 4.04. The summed E-state index contributed by atoms with van der Waals surface area (Å²) in [5, 5.41) is 0. The quantitative estimate of drug-likeness (QED) is 0.859. The number of benzene rings is 1. The van der Waals surface area contributed by atoms with Crippen LogP contribution in [0.25, 0.3) is 0 Å². The molecule has 0 aliphatic carbocycles. The van der Waals surface area contributed by atoms with Crippen LogP contribution in [0.1, 0.15) is 36.5 Å². The summed E-state index contributed by atoms with van der Waals surface area (Å²) < 4.78 is 26.8. The van der Waals surface area contributed by atoms with Gasteiger partial charge in [-0.25, -0.2) is 13.1 Å². The lowest BCUT2D eigenvalue weighted by atomic mass is 9.96. The molecule has 2 bridgehead atoms. The molecule has 0 aromatic heterocycles. The minimum Gasteiger partial charge on any atom is -0.337 e. The number of piperidine rings is 1. The molecule has 1 amide bonds. The van der Waals surface area contributed by atoms with Crippen LogP contribution in [-0.4, -0.2) is 63.4 Å². The molecular formula is C18H27N3O3S. The van der Waals surface area contributed by atoms with Gasteiger partial charge in [0.1, 0.15) is 0 Å². The lowest BCUT2D eigenvalue weighted by Gasteiger charge is -2.32. The molecule has 3 aliphatic heterocycles. The van der Waals surface area contributed by atoms with E-state index in [1.54, 1.807) is 12.1 Å². The zero-order chi connectivity index (χ0) is 18.0. The van der Waals surface area contributed by atoms with Gasteiger partial charge in [0, 0.05) is 37.8 Å². The molecular weight excluding hydrogens is 338 g/mol. The van der Waals surface area contributed by atoms with Crippen molar-refractivity contribution in [3.05, 3.63) is 29.8 Å². The number of nitrogens with zero attached hydrogens (tertiary/aromatic N) is 2. The highest BCUT2D eigenvalue weighted by Crippen LogP contribution is 2.27. The highest BCUT2D eigenvalue weighted by atomic mass is 32.2. The van der Waals surface area contributed by atoms with Crippen LogP contribution < -0.4 is 4.72 Å². The first-order valence-electron chi connectivity index (χ1n) is 9.00. The molecule has 2 atom stereocenters. The van der Waals surface area contributed by atoms with E-state index >= 15 is 0 Å². The van der Waals surface area contributed by atoms with E-state index in [0.29, 0.717) is 24.1 Å². The number of sulfonamides is 1. The summed E-state index contributed by atoms with van der Waals surface area (Å²) in [6, 6.07) is 6.72. The molecule has 1 aromatic carbocycles. The third-order valence-electron chi connectivity index (χ3n) is 5.23. The maximum atomic E-state index is 12.9. The number of carbonyl (C=O) groups is 1. The summed E-state index contributed by atoms with van der Waals surface area (Å²) in [6.45, 7) is 4.92. The predicted molar refractivity (Wildman–Crippen MR) is 97.0 cm³/mol. The SMILES string of the molecule is CCCNS(=O)(=O)c1ccc(C(=O)N2C[C@@H]3CC[C@H](C2)N(C)C3)cc1. The van der Waals surface area contributed by atoms with Gasteiger partial charge < -0.3 is 9.80 Å². The summed E-state index contributed by atoms with van der Waals surface area (Å²) >= 11 is 0. The second kappa shape index (κ2) is 7.43. The van der Waals surface area contributed by atoms with Crippen molar-refractivity contribution in [2.24, 2.45) is 5.92 Å². The minimum atomic E-state index is -3.49. The van der Waals surface area contributed by atoms with Crippen LogP contribution in [0.4, 0.5) is 0 Å². The van der Waals surface area contributed by atoms with Gasteiger partial charge in [-0.05, 0) is 56.5 Å². The van der Waals surface area contributed by atoms with Crippen LogP contribution in [0.2, 0.25) is 0 Å². The van der Waals surface area contributed by atoms with E-state index in [0.717, 1.165) is 32.5 Å². The third-order valence-corrected chi connectivity index (χ3v) is 6.71. The molecule has 3 aliphatic rings. The second-order valence-electron chi connectivity index (χ2n) is 7.17. The van der Waals surface area contributed by atoms with Gasteiger partial charge in [-0.1, -0.05) is 6.92 Å². The van der Waals surface area contributed by atoms with Gasteiger partial charge in [-0.15, -0.1) is 0 Å². The van der Waals surface area contributed by atoms with Gasteiger partial charge in [0.05, 0.1) is 4.90 Å². The highest BCUT2D eigenvalue weighted by Gasteiger charge is 2.34. The average Bonchev–Trinajstić information content (AvgIpc) is 2.91. The smallest absolute Gasteiger partial charge is 0.253 e. The predicted octanol–water partition coefficient (Wildman–Crippen LogP) is 1.54. The second-order valence-corrected chi connectivity index (χ2v) is 8.94.